The van der Waals surface area contributed by atoms with E-state index in [0.29, 0.717) is 5.56 Å². The first-order valence-electron chi connectivity index (χ1n) is 10.7. The van der Waals surface area contributed by atoms with Crippen LogP contribution in [0, 0.1) is 17.5 Å². The van der Waals surface area contributed by atoms with Crippen molar-refractivity contribution in [3.05, 3.63) is 86.6 Å². The lowest BCUT2D eigenvalue weighted by molar-refractivity contribution is -0.116. The number of anilines is 3. The fourth-order valence-corrected chi connectivity index (χ4v) is 4.54. The molecule has 3 aromatic rings. The Morgan fingerprint density at radius 2 is 1.61 bits per heavy atom. The summed E-state index contributed by atoms with van der Waals surface area (Å²) in [6, 6.07) is 10.1. The van der Waals surface area contributed by atoms with Gasteiger partial charge in [0.25, 0.3) is 5.91 Å². The Labute approximate surface area is 239 Å². The van der Waals surface area contributed by atoms with Gasteiger partial charge < -0.3 is 16.0 Å². The van der Waals surface area contributed by atoms with Crippen molar-refractivity contribution in [1.29, 1.82) is 0 Å². The molecule has 6 nitrogen and oxygen atoms in total. The molecular weight excluding hydrogens is 634 g/mol. The third-order valence-corrected chi connectivity index (χ3v) is 6.47. The van der Waals surface area contributed by atoms with E-state index in [2.05, 4.69) is 26.6 Å². The predicted octanol–water partition coefficient (Wildman–Crippen LogP) is 7.48. The monoisotopic (exact) mass is 649 g/mol. The van der Waals surface area contributed by atoms with Gasteiger partial charge in [0.05, 0.1) is 27.2 Å². The summed E-state index contributed by atoms with van der Waals surface area (Å²) in [5.74, 6) is -4.84. The van der Waals surface area contributed by atoms with Gasteiger partial charge in [0.2, 0.25) is 11.8 Å². The number of alkyl halides is 2. The Morgan fingerprint density at radius 3 is 2.26 bits per heavy atom. The van der Waals surface area contributed by atoms with E-state index in [9.17, 15) is 27.6 Å². The molecule has 3 aromatic carbocycles. The SMILES string of the molecule is CC(=O)Nc1c(F)ccc(NC(=O)c2cc(NC(=O)CC(Cl)(Cl)Cc3ccc(F)c(Br)c3)ccc2Cl)c1F. The van der Waals surface area contributed by atoms with Gasteiger partial charge in [-0.25, -0.2) is 13.2 Å². The van der Waals surface area contributed by atoms with Gasteiger partial charge in [0, 0.05) is 19.0 Å². The molecule has 200 valence electrons. The van der Waals surface area contributed by atoms with E-state index in [-0.39, 0.29) is 33.6 Å². The van der Waals surface area contributed by atoms with Crippen LogP contribution in [0.5, 0.6) is 0 Å². The van der Waals surface area contributed by atoms with Gasteiger partial charge in [-0.2, -0.15) is 0 Å². The molecule has 0 bridgehead atoms. The number of halogens is 7. The van der Waals surface area contributed by atoms with Gasteiger partial charge >= 0.3 is 0 Å². The summed E-state index contributed by atoms with van der Waals surface area (Å²) < 4.78 is 40.7. The second kappa shape index (κ2) is 12.4. The summed E-state index contributed by atoms with van der Waals surface area (Å²) in [6.45, 7) is 1.07. The van der Waals surface area contributed by atoms with Crippen LogP contribution in [0.25, 0.3) is 0 Å². The maximum Gasteiger partial charge on any atom is 0.257 e. The molecule has 0 unspecified atom stereocenters. The molecule has 3 rings (SSSR count). The molecule has 0 aliphatic heterocycles. The molecule has 0 aliphatic carbocycles. The van der Waals surface area contributed by atoms with Crippen molar-refractivity contribution in [1.82, 2.24) is 0 Å². The van der Waals surface area contributed by atoms with Gasteiger partial charge in [0.15, 0.2) is 5.82 Å². The van der Waals surface area contributed by atoms with Crippen molar-refractivity contribution in [3.8, 4) is 0 Å². The van der Waals surface area contributed by atoms with E-state index in [1.165, 1.54) is 36.4 Å². The molecule has 0 spiro atoms. The van der Waals surface area contributed by atoms with E-state index in [4.69, 9.17) is 34.8 Å². The Morgan fingerprint density at radius 1 is 0.921 bits per heavy atom. The van der Waals surface area contributed by atoms with Gasteiger partial charge in [-0.1, -0.05) is 17.7 Å². The number of rotatable bonds is 8. The van der Waals surface area contributed by atoms with E-state index in [1.807, 2.05) is 5.32 Å². The molecule has 0 radical (unpaired) electrons. The summed E-state index contributed by atoms with van der Waals surface area (Å²) in [5, 5.41) is 6.82. The quantitative estimate of drug-likeness (QED) is 0.221. The minimum Gasteiger partial charge on any atom is -0.326 e. The first-order valence-corrected chi connectivity index (χ1v) is 12.7. The second-order valence-electron chi connectivity index (χ2n) is 8.12. The Kier molecular flexibility index (Phi) is 9.69. The smallest absolute Gasteiger partial charge is 0.257 e. The minimum absolute atomic E-state index is 0.0176. The Bertz CT molecular complexity index is 1420. The maximum atomic E-state index is 14.7. The number of hydrogen-bond acceptors (Lipinski definition) is 3. The van der Waals surface area contributed by atoms with Crippen LogP contribution in [0.15, 0.2) is 53.0 Å². The van der Waals surface area contributed by atoms with E-state index in [0.717, 1.165) is 19.1 Å². The van der Waals surface area contributed by atoms with E-state index >= 15 is 0 Å². The van der Waals surface area contributed by atoms with Crippen molar-refractivity contribution < 1.29 is 27.6 Å². The number of carbonyl (C=O) groups excluding carboxylic acids is 3. The van der Waals surface area contributed by atoms with Gasteiger partial charge in [-0.15, -0.1) is 23.2 Å². The summed E-state index contributed by atoms with van der Waals surface area (Å²) in [4.78, 5) is 36.6. The van der Waals surface area contributed by atoms with Crippen LogP contribution < -0.4 is 16.0 Å². The molecule has 13 heteroatoms. The minimum atomic E-state index is -1.53. The van der Waals surface area contributed by atoms with Crippen LogP contribution in [0.1, 0.15) is 29.3 Å². The van der Waals surface area contributed by atoms with Crippen molar-refractivity contribution in [2.75, 3.05) is 16.0 Å². The molecular formula is C25H18BrCl3F3N3O3. The van der Waals surface area contributed by atoms with Crippen LogP contribution in [0.2, 0.25) is 5.02 Å². The number of amides is 3. The summed E-state index contributed by atoms with van der Waals surface area (Å²) in [6.07, 6.45) is -0.303. The first kappa shape index (κ1) is 29.8. The highest BCUT2D eigenvalue weighted by Crippen LogP contribution is 2.32. The molecule has 0 aliphatic rings. The van der Waals surface area contributed by atoms with Crippen molar-refractivity contribution in [2.45, 2.75) is 24.1 Å². The fraction of sp³-hybridized carbons (Fsp3) is 0.160. The zero-order valence-electron chi connectivity index (χ0n) is 19.4. The lowest BCUT2D eigenvalue weighted by atomic mass is 10.1. The largest absolute Gasteiger partial charge is 0.326 e. The zero-order valence-corrected chi connectivity index (χ0v) is 23.3. The van der Waals surface area contributed by atoms with E-state index < -0.39 is 50.9 Å². The number of hydrogen-bond donors (Lipinski definition) is 3. The first-order chi connectivity index (χ1) is 17.8. The average molecular weight is 652 g/mol. The maximum absolute atomic E-state index is 14.7. The zero-order chi connectivity index (χ0) is 28.2. The second-order valence-corrected chi connectivity index (χ2v) is 11.0. The lowest BCUT2D eigenvalue weighted by Gasteiger charge is -2.19. The van der Waals surface area contributed by atoms with Gasteiger partial charge in [-0.3, -0.25) is 14.4 Å². The van der Waals surface area contributed by atoms with Crippen LogP contribution in [0.3, 0.4) is 0 Å². The number of nitrogens with one attached hydrogen (secondary N) is 3. The summed E-state index contributed by atoms with van der Waals surface area (Å²) in [5.41, 5.74) is -0.505. The molecule has 0 aromatic heterocycles. The van der Waals surface area contributed by atoms with E-state index in [1.54, 1.807) is 0 Å². The lowest BCUT2D eigenvalue weighted by Crippen LogP contribution is -2.25. The van der Waals surface area contributed by atoms with Gasteiger partial charge in [0.1, 0.15) is 21.7 Å². The Hall–Kier alpha value is -2.79. The standard InChI is InChI=1S/C25H18BrCl3F3N3O3/c1-12(36)33-23-19(31)6-7-20(22(23)32)35-24(38)15-9-14(3-4-17(15)27)34-21(37)11-25(28,29)10-13-2-5-18(30)16(26)8-13/h2-9H,10-11H2,1H3,(H,33,36)(H,34,37)(H,35,38). The molecule has 0 atom stereocenters. The topological polar surface area (TPSA) is 87.3 Å². The molecule has 3 N–H and O–H groups in total. The molecule has 3 amide bonds. The Balaban J connectivity index is 1.72. The number of benzene rings is 3. The molecule has 0 heterocycles. The van der Waals surface area contributed by atoms with Crippen LogP contribution >= 0.6 is 50.7 Å². The predicted molar refractivity (Wildman–Crippen MR) is 146 cm³/mol. The molecule has 0 saturated heterocycles. The van der Waals surface area contributed by atoms with Crippen LogP contribution in [-0.2, 0) is 16.0 Å². The molecule has 0 fully saturated rings. The fourth-order valence-electron chi connectivity index (χ4n) is 3.36. The molecule has 0 saturated carbocycles. The summed E-state index contributed by atoms with van der Waals surface area (Å²) in [7, 11) is 0. The van der Waals surface area contributed by atoms with Crippen molar-refractivity contribution in [3.63, 3.8) is 0 Å². The van der Waals surface area contributed by atoms with Crippen molar-refractivity contribution >= 4 is 85.5 Å². The van der Waals surface area contributed by atoms with Crippen LogP contribution in [0.4, 0.5) is 30.2 Å². The average Bonchev–Trinajstić information content (AvgIpc) is 2.81. The van der Waals surface area contributed by atoms with Crippen LogP contribution in [-0.4, -0.2) is 22.1 Å². The van der Waals surface area contributed by atoms with Gasteiger partial charge in [-0.05, 0) is 64.0 Å². The normalized spacial score (nSPS) is 11.2. The highest BCUT2D eigenvalue weighted by molar-refractivity contribution is 9.10. The highest BCUT2D eigenvalue weighted by atomic mass is 79.9. The number of carbonyl (C=O) groups is 3. The van der Waals surface area contributed by atoms with Crippen molar-refractivity contribution in [2.24, 2.45) is 0 Å². The third kappa shape index (κ3) is 7.86. The third-order valence-electron chi connectivity index (χ3n) is 5.00. The highest BCUT2D eigenvalue weighted by Gasteiger charge is 2.29. The molecule has 38 heavy (non-hydrogen) atoms. The summed E-state index contributed by atoms with van der Waals surface area (Å²) >= 11 is 21.8.